The number of nitrogens with zero attached hydrogens (tertiary/aromatic N) is 1. The van der Waals surface area contributed by atoms with Crippen molar-refractivity contribution in [2.45, 2.75) is 6.42 Å². The fourth-order valence-electron chi connectivity index (χ4n) is 2.37. The number of para-hydroxylation sites is 1. The van der Waals surface area contributed by atoms with Crippen LogP contribution in [-0.4, -0.2) is 18.1 Å². The van der Waals surface area contributed by atoms with Gasteiger partial charge >= 0.3 is 5.97 Å². The number of hydrogen-bond donors (Lipinski definition) is 0. The Hall–Kier alpha value is -2.68. The molecule has 21 heavy (non-hydrogen) atoms. The number of carbonyl (C=O) groups is 1. The van der Waals surface area contributed by atoms with E-state index in [1.165, 1.54) is 7.11 Å². The van der Waals surface area contributed by atoms with Gasteiger partial charge in [0.2, 0.25) is 0 Å². The molecule has 0 aliphatic rings. The minimum atomic E-state index is -0.282. The number of ether oxygens (including phenoxy) is 1. The number of methoxy groups -OCH3 is 1. The highest BCUT2D eigenvalue weighted by molar-refractivity contribution is 5.86. The molecule has 0 fully saturated rings. The first-order valence-electron chi connectivity index (χ1n) is 6.79. The Bertz CT molecular complexity index is 782. The van der Waals surface area contributed by atoms with Crippen molar-refractivity contribution in [1.29, 1.82) is 0 Å². The maximum atomic E-state index is 11.6. The summed E-state index contributed by atoms with van der Waals surface area (Å²) in [5.41, 5.74) is 3.65. The van der Waals surface area contributed by atoms with Gasteiger partial charge in [-0.1, -0.05) is 48.5 Å². The number of carbonyl (C=O) groups excluding carboxylic acids is 1. The lowest BCUT2D eigenvalue weighted by molar-refractivity contribution is -0.139. The predicted octanol–water partition coefficient (Wildman–Crippen LogP) is 3.62. The molecule has 0 atom stereocenters. The third-order valence-corrected chi connectivity index (χ3v) is 3.43. The number of fused-ring (bicyclic) bond motifs is 1. The third kappa shape index (κ3) is 2.77. The van der Waals surface area contributed by atoms with Crippen molar-refractivity contribution in [1.82, 2.24) is 4.98 Å². The van der Waals surface area contributed by atoms with Gasteiger partial charge in [-0.15, -0.1) is 0 Å². The normalized spacial score (nSPS) is 10.5. The molecule has 104 valence electrons. The van der Waals surface area contributed by atoms with Crippen LogP contribution in [0.1, 0.15) is 5.69 Å². The van der Waals surface area contributed by atoms with E-state index in [1.807, 2.05) is 54.6 Å². The highest BCUT2D eigenvalue weighted by atomic mass is 16.5. The fraction of sp³-hybridized carbons (Fsp3) is 0.111. The van der Waals surface area contributed by atoms with Crippen LogP contribution in [-0.2, 0) is 16.0 Å². The summed E-state index contributed by atoms with van der Waals surface area (Å²) in [6.07, 6.45) is 0.172. The molecule has 0 saturated heterocycles. The molecular weight excluding hydrogens is 262 g/mol. The molecular formula is C18H15NO2. The van der Waals surface area contributed by atoms with Crippen LogP contribution >= 0.6 is 0 Å². The monoisotopic (exact) mass is 277 g/mol. The quantitative estimate of drug-likeness (QED) is 0.686. The van der Waals surface area contributed by atoms with Crippen LogP contribution in [0.5, 0.6) is 0 Å². The number of hydrogen-bond acceptors (Lipinski definition) is 3. The van der Waals surface area contributed by atoms with Crippen LogP contribution in [0.25, 0.3) is 22.0 Å². The summed E-state index contributed by atoms with van der Waals surface area (Å²) in [5.74, 6) is -0.282. The van der Waals surface area contributed by atoms with Crippen molar-refractivity contribution in [3.8, 4) is 11.1 Å². The van der Waals surface area contributed by atoms with Gasteiger partial charge in [-0.2, -0.15) is 0 Å². The molecule has 3 rings (SSSR count). The Labute approximate surface area is 123 Å². The zero-order valence-corrected chi connectivity index (χ0v) is 11.7. The van der Waals surface area contributed by atoms with Gasteiger partial charge in [-0.25, -0.2) is 0 Å². The zero-order chi connectivity index (χ0) is 14.7. The summed E-state index contributed by atoms with van der Waals surface area (Å²) in [4.78, 5) is 16.3. The molecule has 1 aromatic heterocycles. The molecule has 0 spiro atoms. The maximum absolute atomic E-state index is 11.6. The summed E-state index contributed by atoms with van der Waals surface area (Å²) in [6.45, 7) is 0. The smallest absolute Gasteiger partial charge is 0.311 e. The first kappa shape index (κ1) is 13.3. The number of aromatic nitrogens is 1. The van der Waals surface area contributed by atoms with Gasteiger partial charge < -0.3 is 4.74 Å². The molecule has 3 heteroatoms. The van der Waals surface area contributed by atoms with Crippen molar-refractivity contribution in [3.05, 3.63) is 66.4 Å². The van der Waals surface area contributed by atoms with Crippen LogP contribution < -0.4 is 0 Å². The molecule has 1 heterocycles. The van der Waals surface area contributed by atoms with E-state index in [9.17, 15) is 4.79 Å². The zero-order valence-electron chi connectivity index (χ0n) is 11.7. The lowest BCUT2D eigenvalue weighted by Crippen LogP contribution is -2.07. The van der Waals surface area contributed by atoms with E-state index in [0.717, 1.165) is 27.7 Å². The largest absolute Gasteiger partial charge is 0.469 e. The second-order valence-electron chi connectivity index (χ2n) is 4.79. The van der Waals surface area contributed by atoms with Crippen molar-refractivity contribution >= 4 is 16.9 Å². The van der Waals surface area contributed by atoms with Crippen LogP contribution in [0.4, 0.5) is 0 Å². The van der Waals surface area contributed by atoms with Crippen molar-refractivity contribution in [2.75, 3.05) is 7.11 Å². The molecule has 3 nitrogen and oxygen atoms in total. The van der Waals surface area contributed by atoms with E-state index in [4.69, 9.17) is 4.74 Å². The Balaban J connectivity index is 2.19. The molecule has 0 saturated carbocycles. The van der Waals surface area contributed by atoms with Gasteiger partial charge in [0.05, 0.1) is 24.7 Å². The van der Waals surface area contributed by atoms with Crippen LogP contribution in [0.15, 0.2) is 60.7 Å². The summed E-state index contributed by atoms with van der Waals surface area (Å²) < 4.78 is 4.78. The van der Waals surface area contributed by atoms with Crippen LogP contribution in [0.2, 0.25) is 0 Å². The molecule has 0 N–H and O–H groups in total. The minimum absolute atomic E-state index is 0.172. The van der Waals surface area contributed by atoms with E-state index in [2.05, 4.69) is 11.1 Å². The topological polar surface area (TPSA) is 39.2 Å². The molecule has 3 aromatic rings. The Kier molecular flexibility index (Phi) is 3.65. The average molecular weight is 277 g/mol. The molecule has 0 aliphatic carbocycles. The summed E-state index contributed by atoms with van der Waals surface area (Å²) in [5, 5.41) is 1.06. The number of pyridine rings is 1. The second kappa shape index (κ2) is 5.75. The third-order valence-electron chi connectivity index (χ3n) is 3.43. The predicted molar refractivity (Wildman–Crippen MR) is 82.9 cm³/mol. The van der Waals surface area contributed by atoms with Crippen molar-refractivity contribution in [3.63, 3.8) is 0 Å². The fourth-order valence-corrected chi connectivity index (χ4v) is 2.37. The lowest BCUT2D eigenvalue weighted by Gasteiger charge is -2.10. The van der Waals surface area contributed by atoms with Gasteiger partial charge in [-0.05, 0) is 17.7 Å². The van der Waals surface area contributed by atoms with Gasteiger partial charge in [0.1, 0.15) is 0 Å². The Morgan fingerprint density at radius 1 is 1.05 bits per heavy atom. The first-order chi connectivity index (χ1) is 10.3. The van der Waals surface area contributed by atoms with Gasteiger partial charge in [0.15, 0.2) is 0 Å². The number of rotatable bonds is 3. The van der Waals surface area contributed by atoms with Crippen LogP contribution in [0, 0.1) is 0 Å². The SMILES string of the molecule is COC(=O)Cc1nc2ccccc2cc1-c1ccccc1. The Morgan fingerprint density at radius 2 is 1.76 bits per heavy atom. The highest BCUT2D eigenvalue weighted by Crippen LogP contribution is 2.27. The molecule has 0 bridgehead atoms. The number of benzene rings is 2. The van der Waals surface area contributed by atoms with Crippen LogP contribution in [0.3, 0.4) is 0 Å². The average Bonchev–Trinajstić information content (AvgIpc) is 2.55. The molecule has 0 aliphatic heterocycles. The first-order valence-corrected chi connectivity index (χ1v) is 6.79. The van der Waals surface area contributed by atoms with Crippen molar-refractivity contribution in [2.24, 2.45) is 0 Å². The van der Waals surface area contributed by atoms with E-state index in [-0.39, 0.29) is 12.4 Å². The summed E-state index contributed by atoms with van der Waals surface area (Å²) in [6, 6.07) is 20.0. The minimum Gasteiger partial charge on any atom is -0.469 e. The molecule has 0 radical (unpaired) electrons. The summed E-state index contributed by atoms with van der Waals surface area (Å²) >= 11 is 0. The van der Waals surface area contributed by atoms with E-state index >= 15 is 0 Å². The van der Waals surface area contributed by atoms with Gasteiger partial charge in [-0.3, -0.25) is 9.78 Å². The van der Waals surface area contributed by atoms with E-state index in [0.29, 0.717) is 0 Å². The van der Waals surface area contributed by atoms with E-state index in [1.54, 1.807) is 0 Å². The maximum Gasteiger partial charge on any atom is 0.311 e. The standard InChI is InChI=1S/C18H15NO2/c1-21-18(20)12-17-15(13-7-3-2-4-8-13)11-14-9-5-6-10-16(14)19-17/h2-11H,12H2,1H3. The molecule has 2 aromatic carbocycles. The van der Waals surface area contributed by atoms with Crippen molar-refractivity contribution < 1.29 is 9.53 Å². The Morgan fingerprint density at radius 3 is 2.52 bits per heavy atom. The molecule has 0 unspecified atom stereocenters. The number of esters is 1. The highest BCUT2D eigenvalue weighted by Gasteiger charge is 2.13. The second-order valence-corrected chi connectivity index (χ2v) is 4.79. The lowest BCUT2D eigenvalue weighted by atomic mass is 10.00. The van der Waals surface area contributed by atoms with E-state index < -0.39 is 0 Å². The summed E-state index contributed by atoms with van der Waals surface area (Å²) in [7, 11) is 1.39. The van der Waals surface area contributed by atoms with Gasteiger partial charge in [0, 0.05) is 10.9 Å². The van der Waals surface area contributed by atoms with Gasteiger partial charge in [0.25, 0.3) is 0 Å². The molecule has 0 amide bonds.